The Morgan fingerprint density at radius 2 is 1.90 bits per heavy atom. The van der Waals surface area contributed by atoms with Crippen molar-refractivity contribution in [1.29, 1.82) is 0 Å². The smallest absolute Gasteiger partial charge is 0.227 e. The normalized spacial score (nSPS) is 13.7. The van der Waals surface area contributed by atoms with E-state index in [2.05, 4.69) is 15.5 Å². The largest absolute Gasteiger partial charge is 0.352 e. The van der Waals surface area contributed by atoms with Crippen molar-refractivity contribution >= 4 is 17.5 Å². The van der Waals surface area contributed by atoms with Gasteiger partial charge >= 0.3 is 0 Å². The molecule has 7 nitrogen and oxygen atoms in total. The van der Waals surface area contributed by atoms with Crippen molar-refractivity contribution in [2.75, 3.05) is 11.4 Å². The minimum absolute atomic E-state index is 0.0803. The molecule has 1 aromatic heterocycles. The molecular formula is C22H22N4O3. The zero-order chi connectivity index (χ0) is 20.1. The molecule has 0 saturated carbocycles. The molecule has 2 heterocycles. The highest BCUT2D eigenvalue weighted by Gasteiger charge is 2.21. The number of carbonyl (C=O) groups excluding carboxylic acids is 2. The Morgan fingerprint density at radius 3 is 2.62 bits per heavy atom. The van der Waals surface area contributed by atoms with Crippen LogP contribution in [0.15, 0.2) is 59.1 Å². The highest BCUT2D eigenvalue weighted by Crippen LogP contribution is 2.21. The summed E-state index contributed by atoms with van der Waals surface area (Å²) >= 11 is 0. The molecule has 1 N–H and O–H groups in total. The van der Waals surface area contributed by atoms with E-state index >= 15 is 0 Å². The van der Waals surface area contributed by atoms with Crippen LogP contribution in [-0.2, 0) is 22.6 Å². The van der Waals surface area contributed by atoms with Crippen molar-refractivity contribution < 1.29 is 14.1 Å². The molecule has 0 radical (unpaired) electrons. The van der Waals surface area contributed by atoms with Crippen LogP contribution in [0.5, 0.6) is 0 Å². The van der Waals surface area contributed by atoms with Gasteiger partial charge in [0.15, 0.2) is 0 Å². The third-order valence-corrected chi connectivity index (χ3v) is 4.88. The topological polar surface area (TPSA) is 88.3 Å². The molecular weight excluding hydrogens is 368 g/mol. The van der Waals surface area contributed by atoms with Crippen molar-refractivity contribution in [3.05, 3.63) is 66.1 Å². The second-order valence-corrected chi connectivity index (χ2v) is 6.97. The van der Waals surface area contributed by atoms with E-state index in [4.69, 9.17) is 4.52 Å². The molecule has 0 unspecified atom stereocenters. The molecule has 3 aromatic rings. The predicted molar refractivity (Wildman–Crippen MR) is 108 cm³/mol. The Labute approximate surface area is 168 Å². The molecule has 0 spiro atoms. The minimum Gasteiger partial charge on any atom is -0.352 e. The zero-order valence-corrected chi connectivity index (χ0v) is 16.0. The minimum atomic E-state index is -0.0803. The van der Waals surface area contributed by atoms with Gasteiger partial charge in [0.1, 0.15) is 0 Å². The first-order valence-electron chi connectivity index (χ1n) is 9.73. The van der Waals surface area contributed by atoms with Gasteiger partial charge in [-0.2, -0.15) is 4.98 Å². The second-order valence-electron chi connectivity index (χ2n) is 6.97. The number of aryl methyl sites for hydroxylation is 1. The van der Waals surface area contributed by atoms with E-state index in [0.29, 0.717) is 31.1 Å². The first kappa shape index (κ1) is 18.9. The van der Waals surface area contributed by atoms with Gasteiger partial charge in [0.05, 0.1) is 0 Å². The lowest BCUT2D eigenvalue weighted by molar-refractivity contribution is -0.121. The molecule has 0 bridgehead atoms. The Morgan fingerprint density at radius 1 is 1.10 bits per heavy atom. The fourth-order valence-electron chi connectivity index (χ4n) is 3.29. The van der Waals surface area contributed by atoms with Gasteiger partial charge in [-0.25, -0.2) is 0 Å². The highest BCUT2D eigenvalue weighted by atomic mass is 16.5. The Balaban J connectivity index is 1.24. The average molecular weight is 390 g/mol. The van der Waals surface area contributed by atoms with Crippen LogP contribution >= 0.6 is 0 Å². The van der Waals surface area contributed by atoms with E-state index in [1.54, 1.807) is 4.90 Å². The maximum absolute atomic E-state index is 12.1. The molecule has 148 valence electrons. The van der Waals surface area contributed by atoms with Gasteiger partial charge in [0.25, 0.3) is 0 Å². The molecule has 7 heteroatoms. The van der Waals surface area contributed by atoms with Gasteiger partial charge in [-0.05, 0) is 24.1 Å². The van der Waals surface area contributed by atoms with Crippen molar-refractivity contribution in [1.82, 2.24) is 15.5 Å². The molecule has 1 aliphatic heterocycles. The Bertz CT molecular complexity index is 983. The average Bonchev–Trinajstić information content (AvgIpc) is 3.41. The standard InChI is InChI=1S/C22H22N4O3/c27-19(12-13-20-24-22(25-29-20)17-5-2-1-3-6-17)23-15-16-8-10-18(11-9-16)26-14-4-7-21(26)28/h1-3,5-6,8-11H,4,7,12-15H2,(H,23,27). The van der Waals surface area contributed by atoms with Crippen LogP contribution in [0.2, 0.25) is 0 Å². The number of hydrogen-bond donors (Lipinski definition) is 1. The van der Waals surface area contributed by atoms with Crippen LogP contribution in [0.3, 0.4) is 0 Å². The highest BCUT2D eigenvalue weighted by molar-refractivity contribution is 5.95. The fraction of sp³-hybridized carbons (Fsp3) is 0.273. The molecule has 1 fully saturated rings. The Kier molecular flexibility index (Phi) is 5.65. The lowest BCUT2D eigenvalue weighted by Crippen LogP contribution is -2.24. The summed E-state index contributed by atoms with van der Waals surface area (Å²) in [6.45, 7) is 1.21. The van der Waals surface area contributed by atoms with Crippen LogP contribution in [0, 0.1) is 0 Å². The van der Waals surface area contributed by atoms with Crippen molar-refractivity contribution in [2.24, 2.45) is 0 Å². The summed E-state index contributed by atoms with van der Waals surface area (Å²) in [7, 11) is 0. The molecule has 2 amide bonds. The monoisotopic (exact) mass is 390 g/mol. The summed E-state index contributed by atoms with van der Waals surface area (Å²) in [6.07, 6.45) is 2.19. The Hall–Kier alpha value is -3.48. The number of nitrogens with one attached hydrogen (secondary N) is 1. The van der Waals surface area contributed by atoms with Crippen LogP contribution in [0.4, 0.5) is 5.69 Å². The lowest BCUT2D eigenvalue weighted by Gasteiger charge is -2.16. The van der Waals surface area contributed by atoms with E-state index in [-0.39, 0.29) is 18.2 Å². The van der Waals surface area contributed by atoms with E-state index in [1.165, 1.54) is 0 Å². The number of amides is 2. The van der Waals surface area contributed by atoms with Gasteiger partial charge in [-0.1, -0.05) is 47.6 Å². The third-order valence-electron chi connectivity index (χ3n) is 4.88. The molecule has 4 rings (SSSR count). The van der Waals surface area contributed by atoms with Crippen LogP contribution < -0.4 is 10.2 Å². The van der Waals surface area contributed by atoms with Crippen LogP contribution in [-0.4, -0.2) is 28.5 Å². The second kappa shape index (κ2) is 8.68. The summed E-state index contributed by atoms with van der Waals surface area (Å²) in [5.41, 5.74) is 2.78. The van der Waals surface area contributed by atoms with E-state index in [1.807, 2.05) is 54.6 Å². The van der Waals surface area contributed by atoms with Gasteiger partial charge in [-0.3, -0.25) is 9.59 Å². The predicted octanol–water partition coefficient (Wildman–Crippen LogP) is 3.11. The number of benzene rings is 2. The van der Waals surface area contributed by atoms with Crippen molar-refractivity contribution in [3.63, 3.8) is 0 Å². The fourth-order valence-corrected chi connectivity index (χ4v) is 3.29. The van der Waals surface area contributed by atoms with Crippen molar-refractivity contribution in [2.45, 2.75) is 32.2 Å². The number of rotatable bonds is 7. The maximum atomic E-state index is 12.1. The van der Waals surface area contributed by atoms with Crippen molar-refractivity contribution in [3.8, 4) is 11.4 Å². The summed E-state index contributed by atoms with van der Waals surface area (Å²) in [5, 5.41) is 6.85. The van der Waals surface area contributed by atoms with Gasteiger partial charge < -0.3 is 14.7 Å². The van der Waals surface area contributed by atoms with E-state index in [9.17, 15) is 9.59 Å². The van der Waals surface area contributed by atoms with Gasteiger partial charge in [0, 0.05) is 43.6 Å². The number of nitrogens with zero attached hydrogens (tertiary/aromatic N) is 3. The first-order valence-corrected chi connectivity index (χ1v) is 9.73. The number of anilines is 1. The first-order chi connectivity index (χ1) is 14.2. The van der Waals surface area contributed by atoms with Crippen LogP contribution in [0.1, 0.15) is 30.7 Å². The summed E-state index contributed by atoms with van der Waals surface area (Å²) in [5.74, 6) is 1.06. The number of carbonyl (C=O) groups is 2. The zero-order valence-electron chi connectivity index (χ0n) is 16.0. The van der Waals surface area contributed by atoms with Gasteiger partial charge in [-0.15, -0.1) is 0 Å². The maximum Gasteiger partial charge on any atom is 0.227 e. The molecule has 1 saturated heterocycles. The summed E-state index contributed by atoms with van der Waals surface area (Å²) in [6, 6.07) is 17.3. The lowest BCUT2D eigenvalue weighted by atomic mass is 10.2. The molecule has 29 heavy (non-hydrogen) atoms. The SMILES string of the molecule is O=C(CCc1nc(-c2ccccc2)no1)NCc1ccc(N2CCCC2=O)cc1. The third kappa shape index (κ3) is 4.68. The molecule has 0 atom stereocenters. The molecule has 1 aliphatic rings. The summed E-state index contributed by atoms with van der Waals surface area (Å²) in [4.78, 5) is 30.1. The quantitative estimate of drug-likeness (QED) is 0.670. The van der Waals surface area contributed by atoms with Crippen LogP contribution in [0.25, 0.3) is 11.4 Å². The number of aromatic nitrogens is 2. The van der Waals surface area contributed by atoms with E-state index < -0.39 is 0 Å². The summed E-state index contributed by atoms with van der Waals surface area (Å²) < 4.78 is 5.23. The molecule has 2 aromatic carbocycles. The molecule has 0 aliphatic carbocycles. The number of hydrogen-bond acceptors (Lipinski definition) is 5. The van der Waals surface area contributed by atoms with Gasteiger partial charge in [0.2, 0.25) is 23.5 Å². The van der Waals surface area contributed by atoms with E-state index in [0.717, 1.165) is 29.8 Å².